The number of carbonyl (C=O) groups is 2. The predicted molar refractivity (Wildman–Crippen MR) is 122 cm³/mol. The number of hydrogen-bond acceptors (Lipinski definition) is 3. The zero-order chi connectivity index (χ0) is 21.1. The van der Waals surface area contributed by atoms with Crippen LogP contribution in [0.15, 0.2) is 60.7 Å². The number of benzene rings is 2. The quantitative estimate of drug-likeness (QED) is 0.547. The van der Waals surface area contributed by atoms with Crippen molar-refractivity contribution in [1.29, 1.82) is 0 Å². The molecular weight excluding hydrogens is 380 g/mol. The Morgan fingerprint density at radius 1 is 0.966 bits per heavy atom. The Labute approximate surface area is 179 Å². The zero-order valence-electron chi connectivity index (χ0n) is 17.6. The van der Waals surface area contributed by atoms with Gasteiger partial charge in [0.15, 0.2) is 0 Å². The van der Waals surface area contributed by atoms with E-state index in [1.165, 1.54) is 5.56 Å². The Hall–Kier alpha value is -2.27. The highest BCUT2D eigenvalue weighted by molar-refractivity contribution is 7.98. The van der Waals surface area contributed by atoms with Crippen LogP contribution in [0.5, 0.6) is 0 Å². The molecule has 0 aliphatic heterocycles. The number of thioether (sulfide) groups is 1. The minimum absolute atomic E-state index is 0.0150. The van der Waals surface area contributed by atoms with Gasteiger partial charge in [0.2, 0.25) is 11.8 Å². The third kappa shape index (κ3) is 7.94. The van der Waals surface area contributed by atoms with Crippen LogP contribution in [0.1, 0.15) is 44.7 Å². The molecule has 1 N–H and O–H groups in total. The molecule has 0 aromatic heterocycles. The van der Waals surface area contributed by atoms with E-state index in [4.69, 9.17) is 0 Å². The Balaban J connectivity index is 1.97. The second-order valence-electron chi connectivity index (χ2n) is 7.29. The summed E-state index contributed by atoms with van der Waals surface area (Å²) < 4.78 is 0. The molecule has 2 aromatic carbocycles. The van der Waals surface area contributed by atoms with Gasteiger partial charge in [0, 0.05) is 30.5 Å². The Morgan fingerprint density at radius 2 is 1.55 bits per heavy atom. The van der Waals surface area contributed by atoms with E-state index < -0.39 is 6.04 Å². The van der Waals surface area contributed by atoms with Gasteiger partial charge >= 0.3 is 0 Å². The molecule has 2 amide bonds. The van der Waals surface area contributed by atoms with Crippen molar-refractivity contribution in [3.05, 3.63) is 71.8 Å². The van der Waals surface area contributed by atoms with Crippen molar-refractivity contribution in [2.75, 3.05) is 5.75 Å². The average Bonchev–Trinajstić information content (AvgIpc) is 2.75. The Bertz CT molecular complexity index is 752. The molecule has 0 aliphatic carbocycles. The highest BCUT2D eigenvalue weighted by Gasteiger charge is 2.26. The lowest BCUT2D eigenvalue weighted by Gasteiger charge is -2.29. The molecule has 4 nitrogen and oxygen atoms in total. The fourth-order valence-corrected chi connectivity index (χ4v) is 3.79. The third-order valence-electron chi connectivity index (χ3n) is 4.94. The third-order valence-corrected chi connectivity index (χ3v) is 5.97. The van der Waals surface area contributed by atoms with Gasteiger partial charge in [-0.2, -0.15) is 11.8 Å². The number of amides is 2. The van der Waals surface area contributed by atoms with Crippen molar-refractivity contribution in [3.8, 4) is 0 Å². The summed E-state index contributed by atoms with van der Waals surface area (Å²) in [4.78, 5) is 27.4. The van der Waals surface area contributed by atoms with Gasteiger partial charge in [-0.05, 0) is 31.4 Å². The largest absolute Gasteiger partial charge is 0.352 e. The monoisotopic (exact) mass is 412 g/mol. The van der Waals surface area contributed by atoms with Crippen LogP contribution in [0.25, 0.3) is 0 Å². The van der Waals surface area contributed by atoms with E-state index in [9.17, 15) is 9.59 Å². The summed E-state index contributed by atoms with van der Waals surface area (Å²) in [5, 5.41) is 3.00. The van der Waals surface area contributed by atoms with Gasteiger partial charge in [0.1, 0.15) is 6.04 Å². The number of rotatable bonds is 11. The number of nitrogens with one attached hydrogen (secondary N) is 1. The van der Waals surface area contributed by atoms with Crippen molar-refractivity contribution in [3.63, 3.8) is 0 Å². The molecule has 2 rings (SSSR count). The first kappa shape index (κ1) is 23.0. The van der Waals surface area contributed by atoms with Crippen molar-refractivity contribution < 1.29 is 9.59 Å². The maximum absolute atomic E-state index is 13.0. The molecule has 156 valence electrons. The summed E-state index contributed by atoms with van der Waals surface area (Å²) in [5.41, 5.74) is 2.29. The highest BCUT2D eigenvalue weighted by Crippen LogP contribution is 2.16. The first-order valence-electron chi connectivity index (χ1n) is 10.3. The van der Waals surface area contributed by atoms with E-state index in [-0.39, 0.29) is 17.9 Å². The predicted octanol–water partition coefficient (Wildman–Crippen LogP) is 4.64. The minimum Gasteiger partial charge on any atom is -0.352 e. The van der Waals surface area contributed by atoms with Gasteiger partial charge in [-0.1, -0.05) is 67.6 Å². The second-order valence-corrected chi connectivity index (χ2v) is 8.39. The molecule has 0 radical (unpaired) electrons. The molecule has 5 heteroatoms. The van der Waals surface area contributed by atoms with E-state index in [0.717, 1.165) is 23.5 Å². The van der Waals surface area contributed by atoms with Crippen molar-refractivity contribution >= 4 is 23.6 Å². The van der Waals surface area contributed by atoms with Crippen LogP contribution in [-0.4, -0.2) is 34.6 Å². The SMILES string of the molecule is CCC(C)NC(=O)C(C)N(Cc1ccccc1)C(=O)CCSCc1ccccc1. The Morgan fingerprint density at radius 3 is 2.14 bits per heavy atom. The summed E-state index contributed by atoms with van der Waals surface area (Å²) in [5.74, 6) is 1.54. The summed E-state index contributed by atoms with van der Waals surface area (Å²) in [7, 11) is 0. The van der Waals surface area contributed by atoms with Gasteiger partial charge in [0.25, 0.3) is 0 Å². The lowest BCUT2D eigenvalue weighted by atomic mass is 10.1. The summed E-state index contributed by atoms with van der Waals surface area (Å²) in [6.07, 6.45) is 1.28. The van der Waals surface area contributed by atoms with Crippen LogP contribution < -0.4 is 5.32 Å². The molecule has 29 heavy (non-hydrogen) atoms. The van der Waals surface area contributed by atoms with Gasteiger partial charge in [-0.25, -0.2) is 0 Å². The van der Waals surface area contributed by atoms with Crippen LogP contribution in [-0.2, 0) is 21.9 Å². The number of hydrogen-bond donors (Lipinski definition) is 1. The molecule has 0 spiro atoms. The van der Waals surface area contributed by atoms with Crippen molar-refractivity contribution in [2.45, 2.75) is 58.0 Å². The first-order valence-corrected chi connectivity index (χ1v) is 11.4. The normalized spacial score (nSPS) is 12.8. The fraction of sp³-hybridized carbons (Fsp3) is 0.417. The molecule has 2 aromatic rings. The van der Waals surface area contributed by atoms with Crippen LogP contribution in [0, 0.1) is 0 Å². The van der Waals surface area contributed by atoms with Crippen LogP contribution >= 0.6 is 11.8 Å². The molecule has 0 saturated carbocycles. The molecule has 2 atom stereocenters. The van der Waals surface area contributed by atoms with Gasteiger partial charge in [0.05, 0.1) is 0 Å². The van der Waals surface area contributed by atoms with Crippen molar-refractivity contribution in [1.82, 2.24) is 10.2 Å². The topological polar surface area (TPSA) is 49.4 Å². The fourth-order valence-electron chi connectivity index (χ4n) is 2.90. The van der Waals surface area contributed by atoms with Crippen LogP contribution in [0.4, 0.5) is 0 Å². The summed E-state index contributed by atoms with van der Waals surface area (Å²) >= 11 is 1.74. The minimum atomic E-state index is -0.504. The molecular formula is C24H32N2O2S. The van der Waals surface area contributed by atoms with E-state index in [1.807, 2.05) is 69.3 Å². The lowest BCUT2D eigenvalue weighted by molar-refractivity contribution is -0.140. The standard InChI is InChI=1S/C24H32N2O2S/c1-4-19(2)25-24(28)20(3)26(17-21-11-7-5-8-12-21)23(27)15-16-29-18-22-13-9-6-10-14-22/h5-14,19-20H,4,15-18H2,1-3H3,(H,25,28). The van der Waals surface area contributed by atoms with Crippen LogP contribution in [0.3, 0.4) is 0 Å². The number of carbonyl (C=O) groups excluding carboxylic acids is 2. The maximum Gasteiger partial charge on any atom is 0.242 e. The van der Waals surface area contributed by atoms with Gasteiger partial charge in [-0.3, -0.25) is 9.59 Å². The molecule has 0 fully saturated rings. The number of nitrogens with zero attached hydrogens (tertiary/aromatic N) is 1. The zero-order valence-corrected chi connectivity index (χ0v) is 18.5. The van der Waals surface area contributed by atoms with Crippen molar-refractivity contribution in [2.24, 2.45) is 0 Å². The van der Waals surface area contributed by atoms with E-state index in [2.05, 4.69) is 17.4 Å². The van der Waals surface area contributed by atoms with E-state index >= 15 is 0 Å². The lowest BCUT2D eigenvalue weighted by Crippen LogP contribution is -2.49. The van der Waals surface area contributed by atoms with Gasteiger partial charge in [-0.15, -0.1) is 0 Å². The molecule has 2 unspecified atom stereocenters. The summed E-state index contributed by atoms with van der Waals surface area (Å²) in [6.45, 7) is 6.27. The molecule has 0 heterocycles. The molecule has 0 bridgehead atoms. The van der Waals surface area contributed by atoms with Crippen LogP contribution in [0.2, 0.25) is 0 Å². The highest BCUT2D eigenvalue weighted by atomic mass is 32.2. The average molecular weight is 413 g/mol. The summed E-state index contributed by atoms with van der Waals surface area (Å²) in [6, 6.07) is 19.7. The van der Waals surface area contributed by atoms with E-state index in [0.29, 0.717) is 13.0 Å². The van der Waals surface area contributed by atoms with E-state index in [1.54, 1.807) is 16.7 Å². The molecule has 0 saturated heterocycles. The van der Waals surface area contributed by atoms with Gasteiger partial charge < -0.3 is 10.2 Å². The maximum atomic E-state index is 13.0. The Kier molecular flexibility index (Phi) is 9.78. The first-order chi connectivity index (χ1) is 14.0. The second kappa shape index (κ2) is 12.3. The molecule has 0 aliphatic rings. The smallest absolute Gasteiger partial charge is 0.242 e.